The molecule has 0 aromatic rings. The van der Waals surface area contributed by atoms with Crippen molar-refractivity contribution in [3.05, 3.63) is 11.6 Å². The zero-order valence-corrected chi connectivity index (χ0v) is 8.00. The predicted octanol–water partition coefficient (Wildman–Crippen LogP) is 1.01. The van der Waals surface area contributed by atoms with Crippen molar-refractivity contribution in [2.75, 3.05) is 14.2 Å². The summed E-state index contributed by atoms with van der Waals surface area (Å²) < 4.78 is 5.10. The smallest absolute Gasteiger partial charge is 0.251 e. The van der Waals surface area contributed by atoms with Crippen LogP contribution in [0.1, 0.15) is 13.8 Å². The van der Waals surface area contributed by atoms with E-state index in [1.165, 1.54) is 0 Å². The number of amides is 1. The first-order valence-corrected chi connectivity index (χ1v) is 4.09. The number of rotatable bonds is 2. The Kier molecular flexibility index (Phi) is 2.52. The molecule has 1 unspecified atom stereocenters. The summed E-state index contributed by atoms with van der Waals surface area (Å²) in [5, 5.41) is 0. The van der Waals surface area contributed by atoms with Gasteiger partial charge < -0.3 is 9.64 Å². The van der Waals surface area contributed by atoms with Crippen molar-refractivity contribution >= 4 is 5.91 Å². The summed E-state index contributed by atoms with van der Waals surface area (Å²) in [4.78, 5) is 13.1. The number of carbonyl (C=O) groups is 1. The number of likely N-dealkylation sites (N-methyl/N-ethyl adjacent to an activating group) is 1. The minimum Gasteiger partial charge on any atom is -0.358 e. The average Bonchev–Trinajstić information content (AvgIpc) is 2.30. The van der Waals surface area contributed by atoms with Crippen molar-refractivity contribution in [1.29, 1.82) is 0 Å². The Balaban J connectivity index is 2.83. The molecule has 1 aliphatic rings. The minimum atomic E-state index is -0.171. The van der Waals surface area contributed by atoms with E-state index in [0.717, 1.165) is 5.57 Å². The van der Waals surface area contributed by atoms with Crippen LogP contribution in [0.5, 0.6) is 0 Å². The molecule has 0 bridgehead atoms. The summed E-state index contributed by atoms with van der Waals surface area (Å²) in [6.07, 6.45) is 1.71. The van der Waals surface area contributed by atoms with Gasteiger partial charge in [-0.1, -0.05) is 13.8 Å². The minimum absolute atomic E-state index is 0.0804. The summed E-state index contributed by atoms with van der Waals surface area (Å²) in [6.45, 7) is 4.02. The third-order valence-electron chi connectivity index (χ3n) is 2.13. The van der Waals surface area contributed by atoms with Crippen LogP contribution in [0, 0.1) is 5.92 Å². The summed E-state index contributed by atoms with van der Waals surface area (Å²) in [5.41, 5.74) is 0.851. The Morgan fingerprint density at radius 2 is 2.17 bits per heavy atom. The molecule has 1 rings (SSSR count). The van der Waals surface area contributed by atoms with E-state index < -0.39 is 0 Å². The first kappa shape index (κ1) is 9.26. The first-order chi connectivity index (χ1) is 5.57. The number of hydrogen-bond acceptors (Lipinski definition) is 2. The normalized spacial score (nSPS) is 23.8. The molecule has 3 nitrogen and oxygen atoms in total. The van der Waals surface area contributed by atoms with Crippen LogP contribution >= 0.6 is 0 Å². The van der Waals surface area contributed by atoms with E-state index in [2.05, 4.69) is 0 Å². The molecular weight excluding hydrogens is 154 g/mol. The zero-order valence-electron chi connectivity index (χ0n) is 8.00. The fourth-order valence-electron chi connectivity index (χ4n) is 1.32. The number of nitrogens with zero attached hydrogens (tertiary/aromatic N) is 1. The van der Waals surface area contributed by atoms with E-state index >= 15 is 0 Å². The van der Waals surface area contributed by atoms with Gasteiger partial charge in [0.05, 0.1) is 0 Å². The van der Waals surface area contributed by atoms with Crippen LogP contribution in [0.15, 0.2) is 11.6 Å². The SMILES string of the molecule is COC1C=C(C(C)C)C(=O)N1C. The second-order valence-electron chi connectivity index (χ2n) is 3.32. The molecule has 0 N–H and O–H groups in total. The lowest BCUT2D eigenvalue weighted by molar-refractivity contribution is -0.131. The second kappa shape index (κ2) is 3.27. The fourth-order valence-corrected chi connectivity index (χ4v) is 1.32. The highest BCUT2D eigenvalue weighted by Crippen LogP contribution is 2.22. The summed E-state index contributed by atoms with van der Waals surface area (Å²) in [7, 11) is 3.36. The topological polar surface area (TPSA) is 29.5 Å². The molecule has 3 heteroatoms. The van der Waals surface area contributed by atoms with Gasteiger partial charge in [0.15, 0.2) is 6.23 Å². The van der Waals surface area contributed by atoms with Crippen LogP contribution in [0.4, 0.5) is 0 Å². The molecule has 0 aromatic carbocycles. The molecule has 0 aliphatic carbocycles. The van der Waals surface area contributed by atoms with Crippen molar-refractivity contribution in [2.45, 2.75) is 20.1 Å². The lowest BCUT2D eigenvalue weighted by Crippen LogP contribution is -2.31. The highest BCUT2D eigenvalue weighted by molar-refractivity contribution is 5.96. The molecule has 1 atom stereocenters. The monoisotopic (exact) mass is 169 g/mol. The molecule has 12 heavy (non-hydrogen) atoms. The molecule has 1 aliphatic heterocycles. The van der Waals surface area contributed by atoms with E-state index in [9.17, 15) is 4.79 Å². The van der Waals surface area contributed by atoms with Gasteiger partial charge in [0.2, 0.25) is 0 Å². The molecule has 0 aromatic heterocycles. The summed E-state index contributed by atoms with van der Waals surface area (Å²) in [5.74, 6) is 0.358. The highest BCUT2D eigenvalue weighted by Gasteiger charge is 2.30. The van der Waals surface area contributed by atoms with Crippen LogP contribution in [0.25, 0.3) is 0 Å². The Morgan fingerprint density at radius 3 is 2.42 bits per heavy atom. The van der Waals surface area contributed by atoms with Gasteiger partial charge in [-0.3, -0.25) is 4.79 Å². The van der Waals surface area contributed by atoms with E-state index in [1.54, 1.807) is 19.1 Å². The van der Waals surface area contributed by atoms with Gasteiger partial charge in [-0.05, 0) is 12.0 Å². The fraction of sp³-hybridized carbons (Fsp3) is 0.667. The van der Waals surface area contributed by atoms with Gasteiger partial charge in [-0.2, -0.15) is 0 Å². The highest BCUT2D eigenvalue weighted by atomic mass is 16.5. The molecule has 1 heterocycles. The van der Waals surface area contributed by atoms with Crippen LogP contribution in [0.3, 0.4) is 0 Å². The van der Waals surface area contributed by atoms with Gasteiger partial charge in [-0.25, -0.2) is 0 Å². The third-order valence-corrected chi connectivity index (χ3v) is 2.13. The molecule has 0 fully saturated rings. The molecule has 1 amide bonds. The molecule has 0 radical (unpaired) electrons. The van der Waals surface area contributed by atoms with Crippen molar-refractivity contribution in [3.8, 4) is 0 Å². The zero-order chi connectivity index (χ0) is 9.30. The van der Waals surface area contributed by atoms with Crippen LogP contribution in [0.2, 0.25) is 0 Å². The van der Waals surface area contributed by atoms with E-state index in [0.29, 0.717) is 0 Å². The van der Waals surface area contributed by atoms with E-state index in [1.807, 2.05) is 19.9 Å². The predicted molar refractivity (Wildman–Crippen MR) is 46.5 cm³/mol. The number of carbonyl (C=O) groups excluding carboxylic acids is 1. The third kappa shape index (κ3) is 1.37. The van der Waals surface area contributed by atoms with Gasteiger partial charge in [0, 0.05) is 19.7 Å². The Morgan fingerprint density at radius 1 is 1.58 bits per heavy atom. The maximum atomic E-state index is 11.5. The maximum absolute atomic E-state index is 11.5. The lowest BCUT2D eigenvalue weighted by atomic mass is 10.0. The average molecular weight is 169 g/mol. The molecule has 0 saturated carbocycles. The maximum Gasteiger partial charge on any atom is 0.251 e. The van der Waals surface area contributed by atoms with Crippen LogP contribution < -0.4 is 0 Å². The molecule has 68 valence electrons. The molecule has 0 saturated heterocycles. The van der Waals surface area contributed by atoms with Crippen molar-refractivity contribution in [3.63, 3.8) is 0 Å². The van der Waals surface area contributed by atoms with Gasteiger partial charge >= 0.3 is 0 Å². The Hall–Kier alpha value is -0.830. The quantitative estimate of drug-likeness (QED) is 0.617. The largest absolute Gasteiger partial charge is 0.358 e. The Labute approximate surface area is 73.0 Å². The van der Waals surface area contributed by atoms with E-state index in [4.69, 9.17) is 4.74 Å². The number of ether oxygens (including phenoxy) is 1. The van der Waals surface area contributed by atoms with Crippen molar-refractivity contribution in [1.82, 2.24) is 4.90 Å². The number of methoxy groups -OCH3 is 1. The molecular formula is C9H15NO2. The number of hydrogen-bond donors (Lipinski definition) is 0. The first-order valence-electron chi connectivity index (χ1n) is 4.09. The van der Waals surface area contributed by atoms with Gasteiger partial charge in [0.1, 0.15) is 0 Å². The molecule has 0 spiro atoms. The lowest BCUT2D eigenvalue weighted by Gasteiger charge is -2.17. The van der Waals surface area contributed by atoms with Crippen LogP contribution in [-0.2, 0) is 9.53 Å². The van der Waals surface area contributed by atoms with Crippen LogP contribution in [-0.4, -0.2) is 31.2 Å². The Bertz CT molecular complexity index is 221. The van der Waals surface area contributed by atoms with E-state index in [-0.39, 0.29) is 18.1 Å². The van der Waals surface area contributed by atoms with Crippen molar-refractivity contribution in [2.24, 2.45) is 5.92 Å². The summed E-state index contributed by atoms with van der Waals surface area (Å²) in [6, 6.07) is 0. The second-order valence-corrected chi connectivity index (χ2v) is 3.32. The summed E-state index contributed by atoms with van der Waals surface area (Å²) >= 11 is 0. The van der Waals surface area contributed by atoms with Gasteiger partial charge in [0.25, 0.3) is 5.91 Å². The van der Waals surface area contributed by atoms with Gasteiger partial charge in [-0.15, -0.1) is 0 Å². The standard InChI is InChI=1S/C9H15NO2/c1-6(2)7-5-8(12-4)10(3)9(7)11/h5-6,8H,1-4H3. The van der Waals surface area contributed by atoms with Crippen molar-refractivity contribution < 1.29 is 9.53 Å².